The van der Waals surface area contributed by atoms with Gasteiger partial charge in [-0.2, -0.15) is 0 Å². The highest BCUT2D eigenvalue weighted by Gasteiger charge is 2.24. The number of hydrogen-bond acceptors (Lipinski definition) is 5. The van der Waals surface area contributed by atoms with Crippen LogP contribution in [0.5, 0.6) is 0 Å². The number of rotatable bonds is 4. The smallest absolute Gasteiger partial charge is 0.340 e. The van der Waals surface area contributed by atoms with E-state index in [0.717, 1.165) is 4.57 Å². The molecule has 0 saturated carbocycles. The maximum absolute atomic E-state index is 16.1. The molecular weight excluding hydrogens is 547 g/mol. The van der Waals surface area contributed by atoms with E-state index in [1.807, 2.05) is 0 Å². The number of aromatic nitrogens is 3. The standard InChI is InChI=1S/C31H26ClFN4O4/c1-15-17(6-4-8-23(15)37-25(38)14-24-20(32)7-5-11-36(24)30(37)40)26-21(33)13-19(29(34)39)28-27(26)18-10-9-16(31(2,3)41)12-22(18)35-28/h4-14,29,35,39,41H,34H2,1-3H3. The van der Waals surface area contributed by atoms with Crippen LogP contribution >= 0.6 is 11.6 Å². The fraction of sp³-hybridized carbons (Fsp3) is 0.161. The number of fused-ring (bicyclic) bond motifs is 4. The van der Waals surface area contributed by atoms with Crippen LogP contribution in [0.25, 0.3) is 44.1 Å². The van der Waals surface area contributed by atoms with Gasteiger partial charge in [0.2, 0.25) is 0 Å². The molecular formula is C31H26ClFN4O4. The van der Waals surface area contributed by atoms with Crippen LogP contribution in [-0.4, -0.2) is 24.2 Å². The van der Waals surface area contributed by atoms with Crippen molar-refractivity contribution in [1.29, 1.82) is 0 Å². The third-order valence-corrected chi connectivity index (χ3v) is 7.88. The number of aromatic amines is 1. The summed E-state index contributed by atoms with van der Waals surface area (Å²) in [7, 11) is 0. The molecule has 208 valence electrons. The van der Waals surface area contributed by atoms with E-state index in [2.05, 4.69) is 4.98 Å². The summed E-state index contributed by atoms with van der Waals surface area (Å²) in [6.07, 6.45) is 0.0606. The second-order valence-corrected chi connectivity index (χ2v) is 11.0. The van der Waals surface area contributed by atoms with Gasteiger partial charge in [-0.05, 0) is 67.8 Å². The van der Waals surface area contributed by atoms with Crippen LogP contribution in [-0.2, 0) is 5.60 Å². The highest BCUT2D eigenvalue weighted by atomic mass is 35.5. The largest absolute Gasteiger partial charge is 0.386 e. The molecule has 3 heterocycles. The molecule has 41 heavy (non-hydrogen) atoms. The number of aliphatic hydroxyl groups is 2. The van der Waals surface area contributed by atoms with Crippen LogP contribution in [0, 0.1) is 12.7 Å². The monoisotopic (exact) mass is 572 g/mol. The Bertz CT molecular complexity index is 2160. The van der Waals surface area contributed by atoms with E-state index in [9.17, 15) is 19.8 Å². The Morgan fingerprint density at radius 1 is 1.07 bits per heavy atom. The van der Waals surface area contributed by atoms with Crippen LogP contribution in [0.15, 0.2) is 76.4 Å². The summed E-state index contributed by atoms with van der Waals surface area (Å²) in [5.74, 6) is -0.640. The second kappa shape index (κ2) is 9.39. The van der Waals surface area contributed by atoms with E-state index in [0.29, 0.717) is 38.5 Å². The minimum Gasteiger partial charge on any atom is -0.386 e. The molecule has 0 fully saturated rings. The van der Waals surface area contributed by atoms with Gasteiger partial charge in [-0.1, -0.05) is 35.9 Å². The quantitative estimate of drug-likeness (QED) is 0.220. The molecule has 0 bridgehead atoms. The summed E-state index contributed by atoms with van der Waals surface area (Å²) in [5, 5.41) is 22.2. The van der Waals surface area contributed by atoms with E-state index >= 15 is 4.39 Å². The first-order valence-corrected chi connectivity index (χ1v) is 13.2. The first-order valence-electron chi connectivity index (χ1n) is 12.9. The molecule has 6 aromatic rings. The maximum atomic E-state index is 16.1. The van der Waals surface area contributed by atoms with Gasteiger partial charge in [-0.15, -0.1) is 0 Å². The molecule has 0 amide bonds. The SMILES string of the molecule is Cc1c(-c2c(F)cc(C(N)O)c3[nH]c4cc(C(C)(C)O)ccc4c23)cccc1-n1c(=O)cc2c(Cl)cccn2c1=O. The lowest BCUT2D eigenvalue weighted by Gasteiger charge is -2.18. The van der Waals surface area contributed by atoms with Gasteiger partial charge in [0.25, 0.3) is 5.56 Å². The van der Waals surface area contributed by atoms with E-state index in [4.69, 9.17) is 17.3 Å². The van der Waals surface area contributed by atoms with Gasteiger partial charge < -0.3 is 20.9 Å². The van der Waals surface area contributed by atoms with Crippen molar-refractivity contribution in [3.05, 3.63) is 115 Å². The van der Waals surface area contributed by atoms with Gasteiger partial charge in [0.05, 0.1) is 27.3 Å². The van der Waals surface area contributed by atoms with E-state index in [-0.39, 0.29) is 27.4 Å². The lowest BCUT2D eigenvalue weighted by Crippen LogP contribution is -2.36. The first kappa shape index (κ1) is 26.9. The van der Waals surface area contributed by atoms with Crippen molar-refractivity contribution in [1.82, 2.24) is 14.0 Å². The van der Waals surface area contributed by atoms with Crippen molar-refractivity contribution < 1.29 is 14.6 Å². The maximum Gasteiger partial charge on any atom is 0.340 e. The second-order valence-electron chi connectivity index (χ2n) is 10.6. The predicted octanol–water partition coefficient (Wildman–Crippen LogP) is 5.03. The zero-order valence-electron chi connectivity index (χ0n) is 22.4. The normalized spacial score (nSPS) is 13.0. The highest BCUT2D eigenvalue weighted by Crippen LogP contribution is 2.42. The van der Waals surface area contributed by atoms with Crippen LogP contribution in [0.3, 0.4) is 0 Å². The molecule has 8 nitrogen and oxygen atoms in total. The summed E-state index contributed by atoms with van der Waals surface area (Å²) < 4.78 is 18.4. The number of benzene rings is 3. The van der Waals surface area contributed by atoms with Gasteiger partial charge in [-0.25, -0.2) is 13.8 Å². The molecule has 3 aromatic heterocycles. The summed E-state index contributed by atoms with van der Waals surface area (Å²) in [6.45, 7) is 5.04. The van der Waals surface area contributed by atoms with Gasteiger partial charge in [0, 0.05) is 39.7 Å². The number of nitrogens with two attached hydrogens (primary N) is 1. The first-order chi connectivity index (χ1) is 19.4. The van der Waals surface area contributed by atoms with Crippen molar-refractivity contribution in [3.63, 3.8) is 0 Å². The zero-order valence-corrected chi connectivity index (χ0v) is 23.1. The van der Waals surface area contributed by atoms with Crippen LogP contribution < -0.4 is 17.0 Å². The fourth-order valence-electron chi connectivity index (χ4n) is 5.49. The summed E-state index contributed by atoms with van der Waals surface area (Å²) in [6, 6.07) is 15.9. The van der Waals surface area contributed by atoms with E-state index in [1.54, 1.807) is 69.3 Å². The number of pyridine rings is 1. The fourth-order valence-corrected chi connectivity index (χ4v) is 5.71. The van der Waals surface area contributed by atoms with Gasteiger partial charge in [0.1, 0.15) is 12.0 Å². The topological polar surface area (TPSA) is 126 Å². The molecule has 5 N–H and O–H groups in total. The molecule has 0 aliphatic rings. The Balaban J connectivity index is 1.69. The Labute approximate surface area is 237 Å². The van der Waals surface area contributed by atoms with E-state index < -0.39 is 28.9 Å². The molecule has 0 saturated heterocycles. The summed E-state index contributed by atoms with van der Waals surface area (Å²) in [4.78, 5) is 29.9. The Kier molecular flexibility index (Phi) is 6.16. The number of H-pyrrole nitrogens is 1. The Hall–Kier alpha value is -4.28. The number of nitrogens with zero attached hydrogens (tertiary/aromatic N) is 2. The van der Waals surface area contributed by atoms with Crippen LogP contribution in [0.4, 0.5) is 4.39 Å². The Morgan fingerprint density at radius 2 is 1.83 bits per heavy atom. The van der Waals surface area contributed by atoms with Crippen molar-refractivity contribution >= 4 is 38.9 Å². The number of nitrogens with one attached hydrogen (secondary N) is 1. The molecule has 0 radical (unpaired) electrons. The van der Waals surface area contributed by atoms with Crippen LogP contribution in [0.2, 0.25) is 5.02 Å². The number of hydrogen-bond donors (Lipinski definition) is 4. The molecule has 0 aliphatic carbocycles. The molecule has 6 rings (SSSR count). The Morgan fingerprint density at radius 3 is 2.54 bits per heavy atom. The summed E-state index contributed by atoms with van der Waals surface area (Å²) in [5.41, 5.74) is 7.06. The van der Waals surface area contributed by atoms with Crippen molar-refractivity contribution in [2.45, 2.75) is 32.6 Å². The molecule has 0 aliphatic heterocycles. The minimum absolute atomic E-state index is 0.164. The van der Waals surface area contributed by atoms with Crippen molar-refractivity contribution in [3.8, 4) is 16.8 Å². The van der Waals surface area contributed by atoms with Crippen molar-refractivity contribution in [2.75, 3.05) is 0 Å². The highest BCUT2D eigenvalue weighted by molar-refractivity contribution is 6.33. The molecule has 3 aromatic carbocycles. The summed E-state index contributed by atoms with van der Waals surface area (Å²) >= 11 is 6.22. The lowest BCUT2D eigenvalue weighted by atomic mass is 9.91. The van der Waals surface area contributed by atoms with Crippen molar-refractivity contribution in [2.24, 2.45) is 5.73 Å². The third-order valence-electron chi connectivity index (χ3n) is 7.56. The molecule has 1 unspecified atom stereocenters. The van der Waals surface area contributed by atoms with E-state index in [1.165, 1.54) is 22.7 Å². The lowest BCUT2D eigenvalue weighted by molar-refractivity contribution is 0.0787. The number of aliphatic hydroxyl groups excluding tert-OH is 1. The zero-order chi connectivity index (χ0) is 29.4. The molecule has 1 atom stereocenters. The van der Waals surface area contributed by atoms with Gasteiger partial charge >= 0.3 is 5.69 Å². The molecule has 10 heteroatoms. The van der Waals surface area contributed by atoms with Gasteiger partial charge in [0.15, 0.2) is 0 Å². The number of halogens is 2. The predicted molar refractivity (Wildman–Crippen MR) is 158 cm³/mol. The minimum atomic E-state index is -1.46. The van der Waals surface area contributed by atoms with Crippen LogP contribution in [0.1, 0.15) is 36.8 Å². The molecule has 0 spiro atoms. The average Bonchev–Trinajstić information content (AvgIpc) is 3.28. The average molecular weight is 573 g/mol. The van der Waals surface area contributed by atoms with Gasteiger partial charge in [-0.3, -0.25) is 9.20 Å². The third kappa shape index (κ3) is 4.17.